The maximum atomic E-state index is 6.24. The molecule has 3 heteroatoms. The fourth-order valence-electron chi connectivity index (χ4n) is 2.04. The van der Waals surface area contributed by atoms with Gasteiger partial charge in [-0.25, -0.2) is 0 Å². The van der Waals surface area contributed by atoms with E-state index in [0.717, 1.165) is 41.4 Å². The van der Waals surface area contributed by atoms with Crippen LogP contribution in [0.2, 0.25) is 10.0 Å². The van der Waals surface area contributed by atoms with E-state index in [1.165, 1.54) is 0 Å². The highest BCUT2D eigenvalue weighted by Crippen LogP contribution is 2.27. The summed E-state index contributed by atoms with van der Waals surface area (Å²) in [6, 6.07) is 6.16. The second kappa shape index (κ2) is 8.04. The first-order valence-corrected chi connectivity index (χ1v) is 7.52. The summed E-state index contributed by atoms with van der Waals surface area (Å²) in [5.74, 6) is 0.615. The van der Waals surface area contributed by atoms with Crippen LogP contribution in [-0.4, -0.2) is 12.6 Å². The molecule has 1 aromatic carbocycles. The number of hydrogen-bond donors (Lipinski definition) is 1. The molecule has 0 fully saturated rings. The fraction of sp³-hybridized carbons (Fsp3) is 0.600. The van der Waals surface area contributed by atoms with E-state index in [2.05, 4.69) is 26.1 Å². The Balaban J connectivity index is 2.81. The van der Waals surface area contributed by atoms with Gasteiger partial charge in [-0.1, -0.05) is 56.5 Å². The molecule has 1 aromatic rings. The van der Waals surface area contributed by atoms with Gasteiger partial charge in [0.1, 0.15) is 0 Å². The molecule has 0 radical (unpaired) electrons. The molecule has 1 N–H and O–H groups in total. The van der Waals surface area contributed by atoms with Crippen LogP contribution in [0.4, 0.5) is 0 Å². The van der Waals surface area contributed by atoms with Gasteiger partial charge < -0.3 is 5.32 Å². The van der Waals surface area contributed by atoms with Crippen LogP contribution >= 0.6 is 23.2 Å². The molecule has 0 aliphatic carbocycles. The van der Waals surface area contributed by atoms with Crippen LogP contribution in [0.25, 0.3) is 0 Å². The minimum Gasteiger partial charge on any atom is -0.313 e. The van der Waals surface area contributed by atoms with Crippen molar-refractivity contribution in [2.75, 3.05) is 6.54 Å². The lowest BCUT2D eigenvalue weighted by Gasteiger charge is -2.25. The molecule has 0 amide bonds. The van der Waals surface area contributed by atoms with Gasteiger partial charge in [0.15, 0.2) is 0 Å². The average molecular weight is 288 g/mol. The van der Waals surface area contributed by atoms with Gasteiger partial charge in [-0.05, 0) is 43.0 Å². The van der Waals surface area contributed by atoms with E-state index >= 15 is 0 Å². The van der Waals surface area contributed by atoms with Gasteiger partial charge in [0.25, 0.3) is 0 Å². The Morgan fingerprint density at radius 2 is 1.78 bits per heavy atom. The Kier molecular flexibility index (Phi) is 7.06. The number of halogens is 2. The smallest absolute Gasteiger partial charge is 0.0453 e. The topological polar surface area (TPSA) is 12.0 Å². The zero-order valence-electron chi connectivity index (χ0n) is 11.5. The van der Waals surface area contributed by atoms with E-state index in [1.54, 1.807) is 0 Å². The molecule has 0 heterocycles. The van der Waals surface area contributed by atoms with Crippen LogP contribution in [-0.2, 0) is 6.42 Å². The van der Waals surface area contributed by atoms with Crippen molar-refractivity contribution < 1.29 is 0 Å². The summed E-state index contributed by atoms with van der Waals surface area (Å²) >= 11 is 12.5. The SMILES string of the molecule is CCCNC(Cc1c(Cl)cccc1Cl)C(C)CC. The number of nitrogens with one attached hydrogen (secondary N) is 1. The van der Waals surface area contributed by atoms with Crippen molar-refractivity contribution in [1.29, 1.82) is 0 Å². The second-order valence-electron chi connectivity index (χ2n) is 4.85. The molecule has 102 valence electrons. The molecule has 0 saturated carbocycles. The highest BCUT2D eigenvalue weighted by Gasteiger charge is 2.18. The standard InChI is InChI=1S/C15H23Cl2N/c1-4-9-18-15(11(3)5-2)10-12-13(16)7-6-8-14(12)17/h6-8,11,15,18H,4-5,9-10H2,1-3H3. The van der Waals surface area contributed by atoms with Gasteiger partial charge in [0, 0.05) is 16.1 Å². The van der Waals surface area contributed by atoms with Gasteiger partial charge in [0.2, 0.25) is 0 Å². The summed E-state index contributed by atoms with van der Waals surface area (Å²) in [5, 5.41) is 5.15. The molecule has 2 unspecified atom stereocenters. The predicted molar refractivity (Wildman–Crippen MR) is 81.7 cm³/mol. The summed E-state index contributed by atoms with van der Waals surface area (Å²) in [6.45, 7) is 7.72. The molecule has 0 aromatic heterocycles. The van der Waals surface area contributed by atoms with Crippen molar-refractivity contribution in [1.82, 2.24) is 5.32 Å². The molecule has 0 spiro atoms. The monoisotopic (exact) mass is 287 g/mol. The maximum absolute atomic E-state index is 6.24. The van der Waals surface area contributed by atoms with E-state index in [0.29, 0.717) is 12.0 Å². The van der Waals surface area contributed by atoms with Crippen molar-refractivity contribution >= 4 is 23.2 Å². The third-order valence-corrected chi connectivity index (χ3v) is 4.18. The lowest BCUT2D eigenvalue weighted by Crippen LogP contribution is -2.37. The third-order valence-electron chi connectivity index (χ3n) is 3.47. The molecule has 0 bridgehead atoms. The Labute approximate surface area is 121 Å². The van der Waals surface area contributed by atoms with E-state index in [-0.39, 0.29) is 0 Å². The van der Waals surface area contributed by atoms with Gasteiger partial charge in [-0.3, -0.25) is 0 Å². The molecule has 18 heavy (non-hydrogen) atoms. The first-order chi connectivity index (χ1) is 8.60. The van der Waals surface area contributed by atoms with Crippen LogP contribution in [0.15, 0.2) is 18.2 Å². The molecule has 1 rings (SSSR count). The van der Waals surface area contributed by atoms with E-state index in [9.17, 15) is 0 Å². The Morgan fingerprint density at radius 3 is 2.28 bits per heavy atom. The summed E-state index contributed by atoms with van der Waals surface area (Å²) in [6.07, 6.45) is 3.19. The van der Waals surface area contributed by atoms with Crippen molar-refractivity contribution in [2.45, 2.75) is 46.1 Å². The minimum absolute atomic E-state index is 0.437. The van der Waals surface area contributed by atoms with Crippen molar-refractivity contribution in [3.8, 4) is 0 Å². The van der Waals surface area contributed by atoms with Crippen LogP contribution in [0.5, 0.6) is 0 Å². The first kappa shape index (κ1) is 15.8. The molecule has 2 atom stereocenters. The van der Waals surface area contributed by atoms with Gasteiger partial charge in [0.05, 0.1) is 0 Å². The zero-order chi connectivity index (χ0) is 13.5. The van der Waals surface area contributed by atoms with Crippen LogP contribution in [0.3, 0.4) is 0 Å². The van der Waals surface area contributed by atoms with Crippen molar-refractivity contribution in [3.63, 3.8) is 0 Å². The molecule has 0 aliphatic rings. The lowest BCUT2D eigenvalue weighted by molar-refractivity contribution is 0.365. The minimum atomic E-state index is 0.437. The molecule has 1 nitrogen and oxygen atoms in total. The van der Waals surface area contributed by atoms with E-state index in [4.69, 9.17) is 23.2 Å². The molecule has 0 aliphatic heterocycles. The normalized spacial score (nSPS) is 14.5. The van der Waals surface area contributed by atoms with Crippen LogP contribution in [0, 0.1) is 5.92 Å². The summed E-state index contributed by atoms with van der Waals surface area (Å²) in [5.41, 5.74) is 1.06. The Hall–Kier alpha value is -0.240. The van der Waals surface area contributed by atoms with Crippen LogP contribution in [0.1, 0.15) is 39.2 Å². The van der Waals surface area contributed by atoms with E-state index < -0.39 is 0 Å². The average Bonchev–Trinajstić information content (AvgIpc) is 2.36. The number of hydrogen-bond acceptors (Lipinski definition) is 1. The van der Waals surface area contributed by atoms with Crippen molar-refractivity contribution in [2.24, 2.45) is 5.92 Å². The molecular weight excluding hydrogens is 265 g/mol. The lowest BCUT2D eigenvalue weighted by atomic mass is 9.93. The van der Waals surface area contributed by atoms with E-state index in [1.807, 2.05) is 18.2 Å². The largest absolute Gasteiger partial charge is 0.313 e. The van der Waals surface area contributed by atoms with Gasteiger partial charge >= 0.3 is 0 Å². The Morgan fingerprint density at radius 1 is 1.17 bits per heavy atom. The summed E-state index contributed by atoms with van der Waals surface area (Å²) < 4.78 is 0. The summed E-state index contributed by atoms with van der Waals surface area (Å²) in [7, 11) is 0. The second-order valence-corrected chi connectivity index (χ2v) is 5.66. The zero-order valence-corrected chi connectivity index (χ0v) is 13.0. The fourth-order valence-corrected chi connectivity index (χ4v) is 2.59. The highest BCUT2D eigenvalue weighted by molar-refractivity contribution is 6.36. The molecule has 0 saturated heterocycles. The first-order valence-electron chi connectivity index (χ1n) is 6.76. The predicted octanol–water partition coefficient (Wildman–Crippen LogP) is 4.95. The quantitative estimate of drug-likeness (QED) is 0.748. The Bertz CT molecular complexity index is 345. The van der Waals surface area contributed by atoms with Gasteiger partial charge in [-0.2, -0.15) is 0 Å². The molecular formula is C15H23Cl2N. The van der Waals surface area contributed by atoms with Crippen LogP contribution < -0.4 is 5.32 Å². The van der Waals surface area contributed by atoms with Crippen molar-refractivity contribution in [3.05, 3.63) is 33.8 Å². The maximum Gasteiger partial charge on any atom is 0.0453 e. The van der Waals surface area contributed by atoms with Gasteiger partial charge in [-0.15, -0.1) is 0 Å². The highest BCUT2D eigenvalue weighted by atomic mass is 35.5. The number of benzene rings is 1. The third kappa shape index (κ3) is 4.46. The summed E-state index contributed by atoms with van der Waals surface area (Å²) in [4.78, 5) is 0. The number of rotatable bonds is 7.